The lowest BCUT2D eigenvalue weighted by molar-refractivity contribution is 0.301. The molecule has 0 amide bonds. The second-order valence-electron chi connectivity index (χ2n) is 7.20. The molecule has 0 N–H and O–H groups in total. The molecular formula is C30H33NO. The molecule has 164 valence electrons. The van der Waals surface area contributed by atoms with E-state index < -0.39 is 0 Å². The van der Waals surface area contributed by atoms with Crippen LogP contribution in [0.15, 0.2) is 109 Å². The molecule has 0 aliphatic heterocycles. The van der Waals surface area contributed by atoms with Gasteiger partial charge in [-0.05, 0) is 54.3 Å². The Morgan fingerprint density at radius 2 is 1.56 bits per heavy atom. The lowest BCUT2D eigenvalue weighted by Gasteiger charge is -2.08. The van der Waals surface area contributed by atoms with E-state index in [-0.39, 0.29) is 0 Å². The summed E-state index contributed by atoms with van der Waals surface area (Å²) in [5.41, 5.74) is 6.43. The molecule has 0 saturated heterocycles. The van der Waals surface area contributed by atoms with Gasteiger partial charge in [0.05, 0.1) is 5.69 Å². The van der Waals surface area contributed by atoms with E-state index in [2.05, 4.69) is 61.5 Å². The third-order valence-corrected chi connectivity index (χ3v) is 4.62. The van der Waals surface area contributed by atoms with Gasteiger partial charge in [0.25, 0.3) is 0 Å². The number of allylic oxidation sites excluding steroid dienone is 4. The van der Waals surface area contributed by atoms with Gasteiger partial charge >= 0.3 is 0 Å². The molecule has 3 aromatic rings. The number of hydrogen-bond donors (Lipinski definition) is 0. The first-order valence-corrected chi connectivity index (χ1v) is 11.0. The first kappa shape index (κ1) is 24.6. The largest absolute Gasteiger partial charge is 0.487 e. The molecule has 0 unspecified atom stereocenters. The molecule has 2 aromatic carbocycles. The van der Waals surface area contributed by atoms with E-state index in [9.17, 15) is 0 Å². The Hall–Kier alpha value is -3.65. The van der Waals surface area contributed by atoms with Crippen LogP contribution in [0.3, 0.4) is 0 Å². The van der Waals surface area contributed by atoms with Crippen molar-refractivity contribution in [3.8, 4) is 5.75 Å². The molecule has 32 heavy (non-hydrogen) atoms. The molecule has 1 aromatic heterocycles. The molecule has 0 aliphatic rings. The average molecular weight is 424 g/mol. The predicted molar refractivity (Wildman–Crippen MR) is 139 cm³/mol. The van der Waals surface area contributed by atoms with Crippen molar-refractivity contribution in [3.05, 3.63) is 132 Å². The summed E-state index contributed by atoms with van der Waals surface area (Å²) in [6, 6.07) is 22.1. The number of nitrogens with zero attached hydrogens (tertiary/aromatic N) is 1. The molecule has 0 saturated carbocycles. The first-order chi connectivity index (χ1) is 15.6. The van der Waals surface area contributed by atoms with Gasteiger partial charge in [0.1, 0.15) is 12.4 Å². The fourth-order valence-electron chi connectivity index (χ4n) is 2.96. The number of aromatic nitrogens is 1. The molecule has 0 atom stereocenters. The lowest BCUT2D eigenvalue weighted by Crippen LogP contribution is -1.98. The van der Waals surface area contributed by atoms with Gasteiger partial charge in [0, 0.05) is 6.20 Å². The number of hydrogen-bond acceptors (Lipinski definition) is 2. The number of benzene rings is 2. The van der Waals surface area contributed by atoms with Gasteiger partial charge in [-0.25, -0.2) is 0 Å². The zero-order valence-corrected chi connectivity index (χ0v) is 19.4. The SMILES string of the molecule is C=C(/C=C/c1ccccc1)CC(=C)/C=C/c1ccc(OCc2ccccn2)cc1C.CC. The van der Waals surface area contributed by atoms with Crippen LogP contribution in [0.2, 0.25) is 0 Å². The van der Waals surface area contributed by atoms with E-state index in [1.165, 1.54) is 5.56 Å². The van der Waals surface area contributed by atoms with Crippen molar-refractivity contribution >= 4 is 12.2 Å². The topological polar surface area (TPSA) is 22.1 Å². The Bertz CT molecular complexity index is 1050. The normalized spacial score (nSPS) is 10.6. The van der Waals surface area contributed by atoms with E-state index in [0.29, 0.717) is 6.61 Å². The molecule has 0 spiro atoms. The molecule has 0 fully saturated rings. The standard InChI is InChI=1S/C28H27NO.C2H6/c1-22(12-14-25-9-5-4-6-10-25)19-23(2)13-15-26-16-17-28(20-24(26)3)30-21-27-11-7-8-18-29-27;1-2/h4-18,20H,1-2,19,21H2,3H3;1-2H3/b14-12+,15-13+;. The molecule has 1 heterocycles. The van der Waals surface area contributed by atoms with Crippen molar-refractivity contribution < 1.29 is 4.74 Å². The number of rotatable bonds is 9. The van der Waals surface area contributed by atoms with E-state index >= 15 is 0 Å². The second kappa shape index (κ2) is 13.6. The lowest BCUT2D eigenvalue weighted by atomic mass is 10.0. The fourth-order valence-corrected chi connectivity index (χ4v) is 2.96. The van der Waals surface area contributed by atoms with E-state index in [4.69, 9.17) is 4.74 Å². The van der Waals surface area contributed by atoms with Crippen LogP contribution < -0.4 is 4.74 Å². The van der Waals surface area contributed by atoms with Crippen LogP contribution in [-0.2, 0) is 6.61 Å². The van der Waals surface area contributed by atoms with Crippen LogP contribution in [-0.4, -0.2) is 4.98 Å². The van der Waals surface area contributed by atoms with Crippen molar-refractivity contribution in [3.63, 3.8) is 0 Å². The second-order valence-corrected chi connectivity index (χ2v) is 7.20. The number of pyridine rings is 1. The smallest absolute Gasteiger partial charge is 0.130 e. The van der Waals surface area contributed by atoms with Gasteiger partial charge in [-0.2, -0.15) is 0 Å². The quantitative estimate of drug-likeness (QED) is 0.323. The van der Waals surface area contributed by atoms with Crippen molar-refractivity contribution in [2.75, 3.05) is 0 Å². The minimum Gasteiger partial charge on any atom is -0.487 e. The zero-order valence-electron chi connectivity index (χ0n) is 19.4. The van der Waals surface area contributed by atoms with Crippen LogP contribution in [0.1, 0.15) is 42.7 Å². The van der Waals surface area contributed by atoms with Crippen LogP contribution in [0, 0.1) is 6.92 Å². The zero-order chi connectivity index (χ0) is 23.2. The monoisotopic (exact) mass is 423 g/mol. The minimum absolute atomic E-state index is 0.463. The maximum atomic E-state index is 5.85. The summed E-state index contributed by atoms with van der Waals surface area (Å²) in [6.45, 7) is 14.8. The van der Waals surface area contributed by atoms with Crippen LogP contribution in [0.5, 0.6) is 5.75 Å². The summed E-state index contributed by atoms with van der Waals surface area (Å²) in [6.07, 6.45) is 10.8. The number of aryl methyl sites for hydroxylation is 1. The summed E-state index contributed by atoms with van der Waals surface area (Å²) in [4.78, 5) is 4.28. The van der Waals surface area contributed by atoms with Gasteiger partial charge in [0.2, 0.25) is 0 Å². The van der Waals surface area contributed by atoms with Gasteiger partial charge in [0.15, 0.2) is 0 Å². The Kier molecular flexibility index (Phi) is 10.5. The predicted octanol–water partition coefficient (Wildman–Crippen LogP) is 8.22. The third kappa shape index (κ3) is 8.61. The molecular weight excluding hydrogens is 390 g/mol. The van der Waals surface area contributed by atoms with Gasteiger partial charge in [-0.3, -0.25) is 4.98 Å². The molecule has 3 rings (SSSR count). The summed E-state index contributed by atoms with van der Waals surface area (Å²) >= 11 is 0. The molecule has 0 aliphatic carbocycles. The Balaban J connectivity index is 0.00000176. The summed E-state index contributed by atoms with van der Waals surface area (Å²) in [5.74, 6) is 0.841. The maximum Gasteiger partial charge on any atom is 0.130 e. The van der Waals surface area contributed by atoms with Gasteiger partial charge in [-0.15, -0.1) is 0 Å². The average Bonchev–Trinajstić information content (AvgIpc) is 2.83. The third-order valence-electron chi connectivity index (χ3n) is 4.62. The van der Waals surface area contributed by atoms with Crippen LogP contribution in [0.4, 0.5) is 0 Å². The molecule has 2 nitrogen and oxygen atoms in total. The van der Waals surface area contributed by atoms with Crippen molar-refractivity contribution in [1.29, 1.82) is 0 Å². The highest BCUT2D eigenvalue weighted by Crippen LogP contribution is 2.21. The Morgan fingerprint density at radius 1 is 0.875 bits per heavy atom. The van der Waals surface area contributed by atoms with Gasteiger partial charge in [-0.1, -0.05) is 105 Å². The van der Waals surface area contributed by atoms with Crippen molar-refractivity contribution in [2.45, 2.75) is 33.8 Å². The summed E-state index contributed by atoms with van der Waals surface area (Å²) in [5, 5.41) is 0. The Labute approximate surface area is 193 Å². The molecule has 2 heteroatoms. The highest BCUT2D eigenvalue weighted by Gasteiger charge is 2.01. The number of ether oxygens (including phenoxy) is 1. The fraction of sp³-hybridized carbons (Fsp3) is 0.167. The van der Waals surface area contributed by atoms with Crippen LogP contribution in [0.25, 0.3) is 12.2 Å². The highest BCUT2D eigenvalue weighted by atomic mass is 16.5. The maximum absolute atomic E-state index is 5.85. The van der Waals surface area contributed by atoms with Gasteiger partial charge < -0.3 is 4.74 Å². The van der Waals surface area contributed by atoms with E-state index in [0.717, 1.165) is 40.1 Å². The molecule has 0 radical (unpaired) electrons. The summed E-state index contributed by atoms with van der Waals surface area (Å²) < 4.78 is 5.85. The first-order valence-electron chi connectivity index (χ1n) is 11.0. The van der Waals surface area contributed by atoms with Crippen LogP contribution >= 0.6 is 0 Å². The minimum atomic E-state index is 0.463. The molecule has 0 bridgehead atoms. The highest BCUT2D eigenvalue weighted by molar-refractivity contribution is 5.58. The van der Waals surface area contributed by atoms with Crippen molar-refractivity contribution in [2.24, 2.45) is 0 Å². The summed E-state index contributed by atoms with van der Waals surface area (Å²) in [7, 11) is 0. The van der Waals surface area contributed by atoms with Crippen molar-refractivity contribution in [1.82, 2.24) is 4.98 Å². The Morgan fingerprint density at radius 3 is 2.22 bits per heavy atom. The van der Waals surface area contributed by atoms with E-state index in [1.54, 1.807) is 6.20 Å². The van der Waals surface area contributed by atoms with E-state index in [1.807, 2.05) is 68.5 Å².